The summed E-state index contributed by atoms with van der Waals surface area (Å²) >= 11 is 0. The summed E-state index contributed by atoms with van der Waals surface area (Å²) in [5, 5.41) is 5.56. The molecule has 0 aromatic heterocycles. The molecule has 0 aliphatic heterocycles. The van der Waals surface area contributed by atoms with E-state index in [9.17, 15) is 9.59 Å². The minimum Gasteiger partial charge on any atom is -0.370 e. The summed E-state index contributed by atoms with van der Waals surface area (Å²) in [6.45, 7) is 0.313. The number of nitrogens with two attached hydrogens (primary N) is 1. The monoisotopic (exact) mass is 227 g/mol. The van der Waals surface area contributed by atoms with Gasteiger partial charge in [-0.25, -0.2) is 4.79 Å². The topological polar surface area (TPSA) is 84.2 Å². The first kappa shape index (κ1) is 12.8. The third kappa shape index (κ3) is 5.58. The van der Waals surface area contributed by atoms with Gasteiger partial charge in [-0.2, -0.15) is 0 Å². The first-order valence-corrected chi connectivity index (χ1v) is 6.01. The van der Waals surface area contributed by atoms with Crippen LogP contribution in [0.25, 0.3) is 0 Å². The molecular formula is C11H21N3O2. The van der Waals surface area contributed by atoms with Crippen molar-refractivity contribution in [2.45, 2.75) is 51.0 Å². The van der Waals surface area contributed by atoms with Crippen molar-refractivity contribution in [1.82, 2.24) is 10.6 Å². The van der Waals surface area contributed by atoms with Gasteiger partial charge in [-0.3, -0.25) is 4.79 Å². The number of rotatable bonds is 4. The molecule has 1 saturated carbocycles. The minimum absolute atomic E-state index is 0.187. The molecular weight excluding hydrogens is 206 g/mol. The molecule has 0 saturated heterocycles. The van der Waals surface area contributed by atoms with Crippen molar-refractivity contribution >= 4 is 11.9 Å². The molecule has 1 rings (SSSR count). The fourth-order valence-electron chi connectivity index (χ4n) is 1.96. The molecule has 0 unspecified atom stereocenters. The number of hydrogen-bond acceptors (Lipinski definition) is 2. The Hall–Kier alpha value is -1.26. The Morgan fingerprint density at radius 1 is 1.12 bits per heavy atom. The Bertz CT molecular complexity index is 235. The van der Waals surface area contributed by atoms with Gasteiger partial charge in [0.1, 0.15) is 0 Å². The van der Waals surface area contributed by atoms with E-state index in [0.29, 0.717) is 6.54 Å². The van der Waals surface area contributed by atoms with E-state index in [1.807, 2.05) is 0 Å². The summed E-state index contributed by atoms with van der Waals surface area (Å²) in [7, 11) is 0. The Morgan fingerprint density at radius 3 is 2.31 bits per heavy atom. The molecule has 1 aliphatic carbocycles. The van der Waals surface area contributed by atoms with Crippen LogP contribution in [0, 0.1) is 0 Å². The van der Waals surface area contributed by atoms with Gasteiger partial charge in [0, 0.05) is 19.0 Å². The van der Waals surface area contributed by atoms with Crippen molar-refractivity contribution in [2.75, 3.05) is 6.54 Å². The van der Waals surface area contributed by atoms with Gasteiger partial charge in [0.05, 0.1) is 0 Å². The van der Waals surface area contributed by atoms with Crippen molar-refractivity contribution in [1.29, 1.82) is 0 Å². The Morgan fingerprint density at radius 2 is 1.75 bits per heavy atom. The summed E-state index contributed by atoms with van der Waals surface area (Å²) in [4.78, 5) is 21.9. The minimum atomic E-state index is -0.394. The first-order chi connectivity index (χ1) is 7.68. The lowest BCUT2D eigenvalue weighted by atomic mass is 10.1. The molecule has 1 fully saturated rings. The molecule has 1 aliphatic rings. The van der Waals surface area contributed by atoms with Crippen LogP contribution in [0.2, 0.25) is 0 Å². The van der Waals surface area contributed by atoms with E-state index >= 15 is 0 Å². The zero-order valence-electron chi connectivity index (χ0n) is 9.63. The predicted molar refractivity (Wildman–Crippen MR) is 61.8 cm³/mol. The summed E-state index contributed by atoms with van der Waals surface area (Å²) in [5.74, 6) is -0.394. The number of hydrogen-bond donors (Lipinski definition) is 3. The average Bonchev–Trinajstić information content (AvgIpc) is 2.45. The lowest BCUT2D eigenvalue weighted by molar-refractivity contribution is -0.117. The standard InChI is InChI=1S/C11H21N3O2/c12-10(15)7-8-13-11(16)14-9-5-3-1-2-4-6-9/h9H,1-8H2,(H2,12,15)(H2,13,14,16). The summed E-state index contributed by atoms with van der Waals surface area (Å²) < 4.78 is 0. The van der Waals surface area contributed by atoms with Gasteiger partial charge in [0.15, 0.2) is 0 Å². The van der Waals surface area contributed by atoms with Crippen LogP contribution in [-0.4, -0.2) is 24.5 Å². The molecule has 0 atom stereocenters. The third-order valence-electron chi connectivity index (χ3n) is 2.85. The molecule has 16 heavy (non-hydrogen) atoms. The average molecular weight is 227 g/mol. The van der Waals surface area contributed by atoms with Crippen LogP contribution in [0.15, 0.2) is 0 Å². The molecule has 3 amide bonds. The van der Waals surface area contributed by atoms with Crippen LogP contribution in [-0.2, 0) is 4.79 Å². The molecule has 4 N–H and O–H groups in total. The normalized spacial score (nSPS) is 17.5. The Labute approximate surface area is 96.1 Å². The maximum Gasteiger partial charge on any atom is 0.315 e. The number of urea groups is 1. The number of carbonyl (C=O) groups excluding carboxylic acids is 2. The highest BCUT2D eigenvalue weighted by Gasteiger charge is 2.14. The SMILES string of the molecule is NC(=O)CCNC(=O)NC1CCCCCC1. The third-order valence-corrected chi connectivity index (χ3v) is 2.85. The fourth-order valence-corrected chi connectivity index (χ4v) is 1.96. The van der Waals surface area contributed by atoms with Gasteiger partial charge in [-0.1, -0.05) is 25.7 Å². The van der Waals surface area contributed by atoms with Crippen molar-refractivity contribution in [3.8, 4) is 0 Å². The highest BCUT2D eigenvalue weighted by molar-refractivity contribution is 5.77. The lowest BCUT2D eigenvalue weighted by Crippen LogP contribution is -2.42. The summed E-state index contributed by atoms with van der Waals surface area (Å²) in [5.41, 5.74) is 4.97. The van der Waals surface area contributed by atoms with Gasteiger partial charge in [0.2, 0.25) is 5.91 Å². The second-order valence-corrected chi connectivity index (χ2v) is 4.31. The van der Waals surface area contributed by atoms with E-state index in [2.05, 4.69) is 10.6 Å². The van der Waals surface area contributed by atoms with Crippen LogP contribution in [0.1, 0.15) is 44.9 Å². The zero-order valence-corrected chi connectivity index (χ0v) is 9.63. The van der Waals surface area contributed by atoms with E-state index in [4.69, 9.17) is 5.73 Å². The maximum absolute atomic E-state index is 11.4. The maximum atomic E-state index is 11.4. The van der Waals surface area contributed by atoms with Gasteiger partial charge >= 0.3 is 6.03 Å². The van der Waals surface area contributed by atoms with E-state index in [1.165, 1.54) is 25.7 Å². The first-order valence-electron chi connectivity index (χ1n) is 6.01. The largest absolute Gasteiger partial charge is 0.370 e. The predicted octanol–water partition coefficient (Wildman–Crippen LogP) is 0.884. The van der Waals surface area contributed by atoms with Crippen LogP contribution in [0.4, 0.5) is 4.79 Å². The second-order valence-electron chi connectivity index (χ2n) is 4.31. The smallest absolute Gasteiger partial charge is 0.315 e. The second kappa shape index (κ2) is 7.09. The van der Waals surface area contributed by atoms with Crippen molar-refractivity contribution in [2.24, 2.45) is 5.73 Å². The van der Waals surface area contributed by atoms with Crippen molar-refractivity contribution in [3.05, 3.63) is 0 Å². The molecule has 0 heterocycles. The number of primary amides is 1. The van der Waals surface area contributed by atoms with E-state index in [1.54, 1.807) is 0 Å². The van der Waals surface area contributed by atoms with Gasteiger partial charge < -0.3 is 16.4 Å². The molecule has 0 radical (unpaired) electrons. The lowest BCUT2D eigenvalue weighted by Gasteiger charge is -2.16. The fraction of sp³-hybridized carbons (Fsp3) is 0.818. The summed E-state index contributed by atoms with van der Waals surface area (Å²) in [6.07, 6.45) is 7.21. The van der Waals surface area contributed by atoms with Gasteiger partial charge in [0.25, 0.3) is 0 Å². The molecule has 0 bridgehead atoms. The zero-order chi connectivity index (χ0) is 11.8. The molecule has 92 valence electrons. The van der Waals surface area contributed by atoms with Crippen LogP contribution in [0.3, 0.4) is 0 Å². The quantitative estimate of drug-likeness (QED) is 0.623. The highest BCUT2D eigenvalue weighted by Crippen LogP contribution is 2.16. The van der Waals surface area contributed by atoms with Crippen LogP contribution >= 0.6 is 0 Å². The Balaban J connectivity index is 2.14. The number of amides is 3. The highest BCUT2D eigenvalue weighted by atomic mass is 16.2. The van der Waals surface area contributed by atoms with E-state index in [-0.39, 0.29) is 18.5 Å². The summed E-state index contributed by atoms with van der Waals surface area (Å²) in [6, 6.07) is 0.101. The van der Waals surface area contributed by atoms with Gasteiger partial charge in [-0.15, -0.1) is 0 Å². The molecule has 0 aromatic carbocycles. The van der Waals surface area contributed by atoms with E-state index in [0.717, 1.165) is 12.8 Å². The van der Waals surface area contributed by atoms with Crippen LogP contribution < -0.4 is 16.4 Å². The number of carbonyl (C=O) groups is 2. The Kier molecular flexibility index (Phi) is 5.67. The number of nitrogens with one attached hydrogen (secondary N) is 2. The molecule has 0 aromatic rings. The van der Waals surface area contributed by atoms with E-state index < -0.39 is 5.91 Å². The molecule has 5 nitrogen and oxygen atoms in total. The van der Waals surface area contributed by atoms with Crippen LogP contribution in [0.5, 0.6) is 0 Å². The molecule has 0 spiro atoms. The van der Waals surface area contributed by atoms with Gasteiger partial charge in [-0.05, 0) is 12.8 Å². The molecule has 5 heteroatoms. The van der Waals surface area contributed by atoms with Crippen molar-refractivity contribution < 1.29 is 9.59 Å². The van der Waals surface area contributed by atoms with Crippen molar-refractivity contribution in [3.63, 3.8) is 0 Å².